The molecule has 0 aromatic carbocycles. The van der Waals surface area contributed by atoms with E-state index in [0.29, 0.717) is 12.4 Å². The highest BCUT2D eigenvalue weighted by Crippen LogP contribution is 2.24. The van der Waals surface area contributed by atoms with Gasteiger partial charge in [-0.1, -0.05) is 11.6 Å². The van der Waals surface area contributed by atoms with Crippen molar-refractivity contribution in [3.05, 3.63) is 11.7 Å². The van der Waals surface area contributed by atoms with Gasteiger partial charge in [-0.2, -0.15) is 4.98 Å². The molecule has 1 fully saturated rings. The van der Waals surface area contributed by atoms with Crippen molar-refractivity contribution in [1.29, 1.82) is 0 Å². The number of aryl methyl sites for hydroxylation is 1. The van der Waals surface area contributed by atoms with Crippen molar-refractivity contribution in [2.75, 3.05) is 6.54 Å². The lowest BCUT2D eigenvalue weighted by Crippen LogP contribution is -2.33. The van der Waals surface area contributed by atoms with Gasteiger partial charge in [0.1, 0.15) is 0 Å². The Morgan fingerprint density at radius 1 is 1.62 bits per heavy atom. The molecule has 1 aliphatic carbocycles. The smallest absolute Gasteiger partial charge is 0.292 e. The number of carbonyl (C=O) groups excluding carboxylic acids is 1. The van der Waals surface area contributed by atoms with Crippen molar-refractivity contribution in [1.82, 2.24) is 15.5 Å². The van der Waals surface area contributed by atoms with E-state index >= 15 is 0 Å². The Morgan fingerprint density at radius 2 is 2.44 bits per heavy atom. The molecule has 2 N–H and O–H groups in total. The fraction of sp³-hybridized carbons (Fsp3) is 0.700. The van der Waals surface area contributed by atoms with E-state index < -0.39 is 0 Å². The van der Waals surface area contributed by atoms with Gasteiger partial charge in [-0.25, -0.2) is 0 Å². The van der Waals surface area contributed by atoms with Crippen molar-refractivity contribution in [3.8, 4) is 0 Å². The van der Waals surface area contributed by atoms with E-state index in [1.165, 1.54) is 0 Å². The summed E-state index contributed by atoms with van der Waals surface area (Å²) in [6, 6.07) is 0. The van der Waals surface area contributed by atoms with Crippen LogP contribution in [0.1, 0.15) is 35.8 Å². The lowest BCUT2D eigenvalue weighted by Gasteiger charge is -2.13. The molecule has 1 aliphatic rings. The lowest BCUT2D eigenvalue weighted by atomic mass is 10.1. The minimum Gasteiger partial charge on any atom is -0.393 e. The zero-order valence-electron chi connectivity index (χ0n) is 9.14. The average Bonchev–Trinajstić information content (AvgIpc) is 2.84. The van der Waals surface area contributed by atoms with Crippen molar-refractivity contribution < 1.29 is 14.4 Å². The van der Waals surface area contributed by atoms with Crippen molar-refractivity contribution in [3.63, 3.8) is 0 Å². The fourth-order valence-corrected chi connectivity index (χ4v) is 1.95. The second-order valence-electron chi connectivity index (χ2n) is 4.11. The van der Waals surface area contributed by atoms with Gasteiger partial charge in [-0.15, -0.1) is 0 Å². The molecule has 1 aromatic heterocycles. The molecule has 0 radical (unpaired) electrons. The summed E-state index contributed by atoms with van der Waals surface area (Å²) in [5.74, 6) is 0.212. The quantitative estimate of drug-likeness (QED) is 0.770. The van der Waals surface area contributed by atoms with Crippen LogP contribution in [0.25, 0.3) is 0 Å². The topological polar surface area (TPSA) is 88.2 Å². The van der Waals surface area contributed by atoms with E-state index in [2.05, 4.69) is 15.5 Å². The third kappa shape index (κ3) is 2.38. The van der Waals surface area contributed by atoms with E-state index in [4.69, 9.17) is 4.52 Å². The zero-order valence-corrected chi connectivity index (χ0v) is 9.14. The van der Waals surface area contributed by atoms with Crippen LogP contribution in [0.5, 0.6) is 0 Å². The van der Waals surface area contributed by atoms with Crippen LogP contribution in [0.4, 0.5) is 0 Å². The molecule has 0 spiro atoms. The largest absolute Gasteiger partial charge is 0.393 e. The third-order valence-electron chi connectivity index (χ3n) is 2.87. The second kappa shape index (κ2) is 4.61. The van der Waals surface area contributed by atoms with Gasteiger partial charge in [0.15, 0.2) is 0 Å². The van der Waals surface area contributed by atoms with Crippen LogP contribution in [0.2, 0.25) is 0 Å². The van der Waals surface area contributed by atoms with Crippen LogP contribution < -0.4 is 5.32 Å². The predicted molar refractivity (Wildman–Crippen MR) is 54.7 cm³/mol. The van der Waals surface area contributed by atoms with Crippen molar-refractivity contribution in [2.45, 2.75) is 32.3 Å². The summed E-state index contributed by atoms with van der Waals surface area (Å²) in [7, 11) is 0. The fourth-order valence-electron chi connectivity index (χ4n) is 1.95. The molecule has 2 rings (SSSR count). The Kier molecular flexibility index (Phi) is 3.19. The molecule has 2 atom stereocenters. The van der Waals surface area contributed by atoms with E-state index in [9.17, 15) is 9.90 Å². The maximum atomic E-state index is 11.5. The van der Waals surface area contributed by atoms with E-state index in [1.807, 2.05) is 0 Å². The summed E-state index contributed by atoms with van der Waals surface area (Å²) >= 11 is 0. The number of aliphatic hydroxyl groups excluding tert-OH is 1. The molecule has 1 heterocycles. The number of aromatic nitrogens is 2. The zero-order chi connectivity index (χ0) is 11.5. The number of amides is 1. The summed E-state index contributed by atoms with van der Waals surface area (Å²) in [5, 5.41) is 15.8. The van der Waals surface area contributed by atoms with E-state index in [0.717, 1.165) is 19.3 Å². The van der Waals surface area contributed by atoms with Gasteiger partial charge in [0, 0.05) is 19.4 Å². The van der Waals surface area contributed by atoms with Gasteiger partial charge in [0.2, 0.25) is 5.89 Å². The summed E-state index contributed by atoms with van der Waals surface area (Å²) in [4.78, 5) is 15.4. The molecule has 16 heavy (non-hydrogen) atoms. The first kappa shape index (κ1) is 11.1. The highest BCUT2D eigenvalue weighted by molar-refractivity contribution is 5.90. The molecule has 2 unspecified atom stereocenters. The molecular formula is C10H15N3O3. The highest BCUT2D eigenvalue weighted by atomic mass is 16.5. The number of rotatable bonds is 3. The first-order valence-corrected chi connectivity index (χ1v) is 5.43. The molecule has 6 heteroatoms. The lowest BCUT2D eigenvalue weighted by molar-refractivity contribution is 0.0904. The molecule has 88 valence electrons. The van der Waals surface area contributed by atoms with Gasteiger partial charge in [-0.3, -0.25) is 4.79 Å². The molecule has 0 saturated heterocycles. The monoisotopic (exact) mass is 225 g/mol. The normalized spacial score (nSPS) is 24.6. The maximum absolute atomic E-state index is 11.5. The van der Waals surface area contributed by atoms with Crippen LogP contribution in [0.3, 0.4) is 0 Å². The Labute approximate surface area is 93.0 Å². The van der Waals surface area contributed by atoms with Crippen LogP contribution >= 0.6 is 0 Å². The molecule has 0 aliphatic heterocycles. The number of nitrogens with one attached hydrogen (secondary N) is 1. The molecule has 0 bridgehead atoms. The second-order valence-corrected chi connectivity index (χ2v) is 4.11. The van der Waals surface area contributed by atoms with E-state index in [-0.39, 0.29) is 23.8 Å². The van der Waals surface area contributed by atoms with E-state index in [1.54, 1.807) is 6.92 Å². The summed E-state index contributed by atoms with van der Waals surface area (Å²) in [6.45, 7) is 2.10. The minimum absolute atomic E-state index is 0.0463. The molecule has 1 aromatic rings. The van der Waals surface area contributed by atoms with Gasteiger partial charge in [0.25, 0.3) is 11.7 Å². The third-order valence-corrected chi connectivity index (χ3v) is 2.87. The SMILES string of the molecule is Cc1nc(C(=O)NCC2CCCC2O)no1. The van der Waals surface area contributed by atoms with Gasteiger partial charge < -0.3 is 14.9 Å². The first-order valence-electron chi connectivity index (χ1n) is 5.43. The van der Waals surface area contributed by atoms with Crippen molar-refractivity contribution >= 4 is 5.91 Å². The number of aliphatic hydroxyl groups is 1. The van der Waals surface area contributed by atoms with Crippen LogP contribution in [-0.4, -0.2) is 33.8 Å². The Balaban J connectivity index is 1.84. The molecular weight excluding hydrogens is 210 g/mol. The molecule has 6 nitrogen and oxygen atoms in total. The molecule has 1 amide bonds. The average molecular weight is 225 g/mol. The van der Waals surface area contributed by atoms with Gasteiger partial charge >= 0.3 is 0 Å². The van der Waals surface area contributed by atoms with Crippen LogP contribution in [0.15, 0.2) is 4.52 Å². The minimum atomic E-state index is -0.351. The van der Waals surface area contributed by atoms with Crippen LogP contribution in [-0.2, 0) is 0 Å². The number of nitrogens with zero attached hydrogens (tertiary/aromatic N) is 2. The maximum Gasteiger partial charge on any atom is 0.292 e. The highest BCUT2D eigenvalue weighted by Gasteiger charge is 2.26. The summed E-state index contributed by atoms with van der Waals surface area (Å²) in [6.07, 6.45) is 2.49. The van der Waals surface area contributed by atoms with Crippen LogP contribution in [0, 0.1) is 12.8 Å². The standard InChI is InChI=1S/C10H15N3O3/c1-6-12-9(13-16-6)10(15)11-5-7-3-2-4-8(7)14/h7-8,14H,2-5H2,1H3,(H,11,15). The van der Waals surface area contributed by atoms with Crippen molar-refractivity contribution in [2.24, 2.45) is 5.92 Å². The number of carbonyl (C=O) groups is 1. The van der Waals surface area contributed by atoms with Gasteiger partial charge in [0.05, 0.1) is 6.10 Å². The Bertz CT molecular complexity index is 377. The number of hydrogen-bond acceptors (Lipinski definition) is 5. The summed E-state index contributed by atoms with van der Waals surface area (Å²) in [5.41, 5.74) is 0. The first-order chi connectivity index (χ1) is 7.66. The predicted octanol–water partition coefficient (Wildman–Crippen LogP) is 0.269. The Hall–Kier alpha value is -1.43. The van der Waals surface area contributed by atoms with Gasteiger partial charge in [-0.05, 0) is 12.8 Å². The number of hydrogen-bond donors (Lipinski definition) is 2. The Morgan fingerprint density at radius 3 is 3.00 bits per heavy atom. The summed E-state index contributed by atoms with van der Waals surface area (Å²) < 4.78 is 4.71. The molecule has 1 saturated carbocycles.